The summed E-state index contributed by atoms with van der Waals surface area (Å²) < 4.78 is 61.6. The van der Waals surface area contributed by atoms with E-state index in [1.807, 2.05) is 13.8 Å². The number of rotatable bonds is 5. The Hall–Kier alpha value is -3.15. The summed E-state index contributed by atoms with van der Waals surface area (Å²) in [5.41, 5.74) is -6.11. The van der Waals surface area contributed by atoms with E-state index in [9.17, 15) is 31.2 Å². The first kappa shape index (κ1) is 22.1. The van der Waals surface area contributed by atoms with Crippen molar-refractivity contribution in [3.05, 3.63) is 42.6 Å². The van der Waals surface area contributed by atoms with Gasteiger partial charge in [0, 0.05) is 18.8 Å². The molecule has 32 heavy (non-hydrogen) atoms. The molecule has 2 fully saturated rings. The van der Waals surface area contributed by atoms with Crippen molar-refractivity contribution < 1.29 is 31.2 Å². The molecule has 0 radical (unpaired) electrons. The van der Waals surface area contributed by atoms with E-state index < -0.39 is 37.7 Å². The third-order valence-corrected chi connectivity index (χ3v) is 7.20. The molecule has 1 aromatic carbocycles. The lowest BCUT2D eigenvalue weighted by molar-refractivity contribution is -0.119. The van der Waals surface area contributed by atoms with Crippen molar-refractivity contribution in [2.24, 2.45) is 5.92 Å². The average molecular weight is 468 g/mol. The van der Waals surface area contributed by atoms with Crippen molar-refractivity contribution in [3.63, 3.8) is 0 Å². The van der Waals surface area contributed by atoms with Gasteiger partial charge in [0.15, 0.2) is 0 Å². The molecule has 12 heteroatoms. The molecule has 1 saturated carbocycles. The summed E-state index contributed by atoms with van der Waals surface area (Å²) in [5, 5.41) is 3.04. The summed E-state index contributed by atoms with van der Waals surface area (Å²) in [7, 11) is -5.54. The van der Waals surface area contributed by atoms with E-state index in [2.05, 4.69) is 10.3 Å². The Morgan fingerprint density at radius 3 is 2.31 bits per heavy atom. The molecule has 3 amide bonds. The average Bonchev–Trinajstić information content (AvgIpc) is 3.33. The van der Waals surface area contributed by atoms with Gasteiger partial charge in [-0.25, -0.2) is 23.1 Å². The lowest BCUT2D eigenvalue weighted by atomic mass is 10.1. The molecule has 4 rings (SSSR count). The molecule has 2 aliphatic rings. The molecule has 1 N–H and O–H groups in total. The van der Waals surface area contributed by atoms with Gasteiger partial charge in [0.2, 0.25) is 0 Å². The second kappa shape index (κ2) is 7.19. The Balaban J connectivity index is 1.72. The highest BCUT2D eigenvalue weighted by molar-refractivity contribution is 7.92. The topological polar surface area (TPSA) is 99.7 Å². The van der Waals surface area contributed by atoms with Gasteiger partial charge in [0.1, 0.15) is 11.4 Å². The van der Waals surface area contributed by atoms with Gasteiger partial charge in [-0.3, -0.25) is 9.69 Å². The number of halogens is 3. The number of anilines is 3. The highest BCUT2D eigenvalue weighted by atomic mass is 32.2. The zero-order valence-electron chi connectivity index (χ0n) is 17.0. The van der Waals surface area contributed by atoms with Crippen molar-refractivity contribution in [2.45, 2.75) is 36.2 Å². The summed E-state index contributed by atoms with van der Waals surface area (Å²) >= 11 is 0. The highest BCUT2D eigenvalue weighted by Crippen LogP contribution is 2.55. The van der Waals surface area contributed by atoms with Crippen LogP contribution in [0, 0.1) is 5.92 Å². The van der Waals surface area contributed by atoms with Crippen LogP contribution in [-0.4, -0.2) is 42.9 Å². The Bertz CT molecular complexity index is 1200. The van der Waals surface area contributed by atoms with Crippen LogP contribution in [0.4, 0.5) is 35.2 Å². The van der Waals surface area contributed by atoms with Gasteiger partial charge in [-0.05, 0) is 49.6 Å². The van der Waals surface area contributed by atoms with Crippen molar-refractivity contribution >= 4 is 39.0 Å². The Morgan fingerprint density at radius 1 is 1.16 bits per heavy atom. The van der Waals surface area contributed by atoms with Crippen LogP contribution in [0.15, 0.2) is 47.5 Å². The van der Waals surface area contributed by atoms with Gasteiger partial charge in [-0.15, -0.1) is 0 Å². The predicted octanol–water partition coefficient (Wildman–Crippen LogP) is 3.56. The van der Waals surface area contributed by atoms with E-state index in [0.717, 1.165) is 29.2 Å². The largest absolute Gasteiger partial charge is 0.501 e. The van der Waals surface area contributed by atoms with Gasteiger partial charge in [0.25, 0.3) is 15.7 Å². The second-order valence-electron chi connectivity index (χ2n) is 7.66. The maximum Gasteiger partial charge on any atom is 0.501 e. The van der Waals surface area contributed by atoms with Gasteiger partial charge in [-0.2, -0.15) is 13.2 Å². The molecular weight excluding hydrogens is 449 g/mol. The molecular formula is C20H19F3N4O4S. The summed E-state index contributed by atoms with van der Waals surface area (Å²) in [6, 6.07) is 6.09. The number of hydrogen-bond donors (Lipinski definition) is 1. The summed E-state index contributed by atoms with van der Waals surface area (Å²) in [6.07, 6.45) is 1.93. The fourth-order valence-electron chi connectivity index (χ4n) is 3.98. The van der Waals surface area contributed by atoms with Crippen LogP contribution < -0.4 is 15.1 Å². The minimum absolute atomic E-state index is 0.0111. The SMILES string of the molecule is CCNc1cc(N2C(=O)N(c3ccc(S(=O)(=O)C(F)(F)F)cc3)C(=O)C23CC3C)ccn1. The van der Waals surface area contributed by atoms with E-state index in [1.54, 1.807) is 12.1 Å². The van der Waals surface area contributed by atoms with E-state index in [4.69, 9.17) is 0 Å². The minimum atomic E-state index is -5.54. The van der Waals surface area contributed by atoms with Crippen LogP contribution in [0.25, 0.3) is 0 Å². The second-order valence-corrected chi connectivity index (χ2v) is 9.60. The molecule has 1 aromatic heterocycles. The Labute approximate surface area is 181 Å². The van der Waals surface area contributed by atoms with Crippen LogP contribution in [0.2, 0.25) is 0 Å². The number of urea groups is 1. The number of aromatic nitrogens is 1. The fourth-order valence-corrected chi connectivity index (χ4v) is 4.74. The maximum absolute atomic E-state index is 13.3. The number of hydrogen-bond acceptors (Lipinski definition) is 6. The Morgan fingerprint density at radius 2 is 1.78 bits per heavy atom. The van der Waals surface area contributed by atoms with E-state index in [0.29, 0.717) is 24.5 Å². The quantitative estimate of drug-likeness (QED) is 0.674. The molecule has 170 valence electrons. The minimum Gasteiger partial charge on any atom is -0.370 e. The lowest BCUT2D eigenvalue weighted by Crippen LogP contribution is -2.39. The Kier molecular flexibility index (Phi) is 4.96. The van der Waals surface area contributed by atoms with Crippen LogP contribution in [0.1, 0.15) is 20.3 Å². The first-order valence-electron chi connectivity index (χ1n) is 9.75. The fraction of sp³-hybridized carbons (Fsp3) is 0.350. The molecule has 2 heterocycles. The van der Waals surface area contributed by atoms with Crippen LogP contribution in [0.5, 0.6) is 0 Å². The molecule has 1 saturated heterocycles. The molecule has 2 atom stereocenters. The van der Waals surface area contributed by atoms with Crippen molar-refractivity contribution in [1.29, 1.82) is 0 Å². The number of carbonyl (C=O) groups is 2. The van der Waals surface area contributed by atoms with Gasteiger partial charge in [0.05, 0.1) is 16.3 Å². The molecule has 1 aliphatic carbocycles. The normalized spacial score (nSPS) is 23.2. The number of alkyl halides is 3. The van der Waals surface area contributed by atoms with Gasteiger partial charge >= 0.3 is 11.5 Å². The number of carbonyl (C=O) groups excluding carboxylic acids is 2. The van der Waals surface area contributed by atoms with Crippen molar-refractivity contribution in [2.75, 3.05) is 21.7 Å². The summed E-state index contributed by atoms with van der Waals surface area (Å²) in [6.45, 7) is 4.31. The maximum atomic E-state index is 13.3. The number of pyridine rings is 1. The third kappa shape index (κ3) is 3.12. The molecule has 2 unspecified atom stereocenters. The lowest BCUT2D eigenvalue weighted by Gasteiger charge is -2.22. The first-order chi connectivity index (χ1) is 14.9. The predicted molar refractivity (Wildman–Crippen MR) is 110 cm³/mol. The smallest absolute Gasteiger partial charge is 0.370 e. The molecule has 1 spiro atoms. The van der Waals surface area contributed by atoms with Crippen LogP contribution >= 0.6 is 0 Å². The van der Waals surface area contributed by atoms with E-state index in [1.165, 1.54) is 11.1 Å². The third-order valence-electron chi connectivity index (χ3n) is 5.70. The number of amides is 3. The van der Waals surface area contributed by atoms with Gasteiger partial charge in [-0.1, -0.05) is 6.92 Å². The highest BCUT2D eigenvalue weighted by Gasteiger charge is 2.70. The number of imide groups is 1. The van der Waals surface area contributed by atoms with Crippen molar-refractivity contribution in [3.8, 4) is 0 Å². The summed E-state index contributed by atoms with van der Waals surface area (Å²) in [5.74, 6) is -0.123. The summed E-state index contributed by atoms with van der Waals surface area (Å²) in [4.78, 5) is 32.1. The monoisotopic (exact) mass is 468 g/mol. The van der Waals surface area contributed by atoms with Crippen LogP contribution in [-0.2, 0) is 14.6 Å². The van der Waals surface area contributed by atoms with Gasteiger partial charge < -0.3 is 5.32 Å². The molecule has 2 aromatic rings. The zero-order valence-corrected chi connectivity index (χ0v) is 17.9. The number of nitrogens with zero attached hydrogens (tertiary/aromatic N) is 3. The number of sulfone groups is 1. The number of benzene rings is 1. The zero-order chi connectivity index (χ0) is 23.5. The standard InChI is InChI=1S/C20H19F3N4O4S/c1-3-24-16-10-14(8-9-25-16)27-18(29)26(17(28)19(27)11-12(19)2)13-4-6-15(7-5-13)32(30,31)20(21,22)23/h4-10,12H,3,11H2,1-2H3,(H,24,25). The number of nitrogens with one attached hydrogen (secondary N) is 1. The van der Waals surface area contributed by atoms with Crippen molar-refractivity contribution in [1.82, 2.24) is 4.98 Å². The molecule has 1 aliphatic heterocycles. The van der Waals surface area contributed by atoms with E-state index >= 15 is 0 Å². The molecule has 0 bridgehead atoms. The van der Waals surface area contributed by atoms with Crippen LogP contribution in [0.3, 0.4) is 0 Å². The first-order valence-corrected chi connectivity index (χ1v) is 11.2. The van der Waals surface area contributed by atoms with E-state index in [-0.39, 0.29) is 11.6 Å². The molecule has 8 nitrogen and oxygen atoms in total.